The molecule has 0 radical (unpaired) electrons. The summed E-state index contributed by atoms with van der Waals surface area (Å²) in [6.45, 7) is 3.70. The van der Waals surface area contributed by atoms with E-state index in [2.05, 4.69) is 0 Å². The number of halogens is 1. The summed E-state index contributed by atoms with van der Waals surface area (Å²) in [5.41, 5.74) is 3.40. The molecule has 26 heavy (non-hydrogen) atoms. The zero-order valence-corrected chi connectivity index (χ0v) is 14.4. The lowest BCUT2D eigenvalue weighted by Gasteiger charge is -2.04. The molecular weight excluding hydrogens is 333 g/mol. The molecular formula is C21H18FNO3. The monoisotopic (exact) mass is 351 g/mol. The predicted octanol–water partition coefficient (Wildman–Crippen LogP) is 5.17. The van der Waals surface area contributed by atoms with Crippen LogP contribution in [-0.4, -0.2) is 15.8 Å². The highest BCUT2D eigenvalue weighted by Gasteiger charge is 2.08. The van der Waals surface area contributed by atoms with Gasteiger partial charge in [-0.25, -0.2) is 9.18 Å². The molecule has 0 aliphatic carbocycles. The molecule has 0 fully saturated rings. The fraction of sp³-hybridized carbons (Fsp3) is 0.0952. The summed E-state index contributed by atoms with van der Waals surface area (Å²) in [6.07, 6.45) is 6.44. The van der Waals surface area contributed by atoms with Gasteiger partial charge in [0.25, 0.3) is 0 Å². The Balaban J connectivity index is 1.71. The minimum atomic E-state index is -0.576. The van der Waals surface area contributed by atoms with E-state index in [0.29, 0.717) is 5.75 Å². The number of rotatable bonds is 3. The van der Waals surface area contributed by atoms with E-state index in [4.69, 9.17) is 4.74 Å². The Morgan fingerprint density at radius 3 is 2.31 bits per heavy atom. The van der Waals surface area contributed by atoms with Crippen molar-refractivity contribution in [3.05, 3.63) is 82.9 Å². The Morgan fingerprint density at radius 1 is 1.04 bits per heavy atom. The number of aromatic hydroxyl groups is 1. The third-order valence-corrected chi connectivity index (χ3v) is 3.93. The Morgan fingerprint density at radius 2 is 1.65 bits per heavy atom. The van der Waals surface area contributed by atoms with Gasteiger partial charge >= 0.3 is 6.09 Å². The highest BCUT2D eigenvalue weighted by molar-refractivity contribution is 5.76. The van der Waals surface area contributed by atoms with Crippen LogP contribution in [0.5, 0.6) is 11.5 Å². The summed E-state index contributed by atoms with van der Waals surface area (Å²) in [7, 11) is 0. The van der Waals surface area contributed by atoms with Gasteiger partial charge in [-0.05, 0) is 78.6 Å². The minimum absolute atomic E-state index is 0.275. The Labute approximate surface area is 150 Å². The molecule has 1 N–H and O–H groups in total. The van der Waals surface area contributed by atoms with E-state index in [1.54, 1.807) is 18.5 Å². The number of aryl methyl sites for hydroxylation is 2. The van der Waals surface area contributed by atoms with E-state index < -0.39 is 11.9 Å². The fourth-order valence-corrected chi connectivity index (χ4v) is 2.56. The van der Waals surface area contributed by atoms with E-state index in [9.17, 15) is 14.3 Å². The van der Waals surface area contributed by atoms with Gasteiger partial charge in [0.1, 0.15) is 17.3 Å². The van der Waals surface area contributed by atoms with Crippen LogP contribution in [0.2, 0.25) is 0 Å². The number of benzene rings is 2. The first-order valence-electron chi connectivity index (χ1n) is 8.06. The third-order valence-electron chi connectivity index (χ3n) is 3.93. The summed E-state index contributed by atoms with van der Waals surface area (Å²) < 4.78 is 19.4. The van der Waals surface area contributed by atoms with Crippen LogP contribution >= 0.6 is 0 Å². The van der Waals surface area contributed by atoms with Crippen LogP contribution in [0.25, 0.3) is 12.2 Å². The lowest BCUT2D eigenvalue weighted by Crippen LogP contribution is -2.14. The van der Waals surface area contributed by atoms with Crippen LogP contribution in [0.4, 0.5) is 9.18 Å². The predicted molar refractivity (Wildman–Crippen MR) is 98.8 cm³/mol. The number of carbonyl (C=O) groups is 1. The number of hydrogen-bond acceptors (Lipinski definition) is 3. The number of phenols is 1. The molecule has 3 rings (SSSR count). The Hall–Kier alpha value is -3.34. The van der Waals surface area contributed by atoms with Gasteiger partial charge in [-0.15, -0.1) is 0 Å². The van der Waals surface area contributed by atoms with Gasteiger partial charge in [0.05, 0.1) is 0 Å². The number of carbonyl (C=O) groups excluding carboxylic acids is 1. The average molecular weight is 351 g/mol. The first kappa shape index (κ1) is 17.5. The molecule has 1 heterocycles. The lowest BCUT2D eigenvalue weighted by atomic mass is 10.1. The van der Waals surface area contributed by atoms with E-state index in [1.165, 1.54) is 28.8 Å². The van der Waals surface area contributed by atoms with Gasteiger partial charge in [0.15, 0.2) is 0 Å². The summed E-state index contributed by atoms with van der Waals surface area (Å²) in [5, 5.41) is 9.82. The summed E-state index contributed by atoms with van der Waals surface area (Å²) in [5.74, 6) is 0.187. The summed E-state index contributed by atoms with van der Waals surface area (Å²) in [4.78, 5) is 12.1. The van der Waals surface area contributed by atoms with Crippen LogP contribution < -0.4 is 4.74 Å². The van der Waals surface area contributed by atoms with Gasteiger partial charge in [-0.3, -0.25) is 4.57 Å². The van der Waals surface area contributed by atoms with E-state index in [0.717, 1.165) is 22.3 Å². The lowest BCUT2D eigenvalue weighted by molar-refractivity contribution is 0.202. The smallest absolute Gasteiger partial charge is 0.423 e. The average Bonchev–Trinajstić information content (AvgIpc) is 3.09. The molecule has 0 saturated heterocycles. The zero-order valence-electron chi connectivity index (χ0n) is 14.4. The molecule has 0 aliphatic rings. The molecule has 0 bridgehead atoms. The topological polar surface area (TPSA) is 51.5 Å². The maximum absolute atomic E-state index is 12.9. The number of hydrogen-bond donors (Lipinski definition) is 1. The maximum atomic E-state index is 12.9. The molecule has 2 aromatic carbocycles. The molecule has 5 heteroatoms. The van der Waals surface area contributed by atoms with E-state index in [-0.39, 0.29) is 5.75 Å². The van der Waals surface area contributed by atoms with Crippen molar-refractivity contribution in [1.82, 2.24) is 4.57 Å². The second kappa shape index (κ2) is 7.27. The van der Waals surface area contributed by atoms with Gasteiger partial charge in [0, 0.05) is 12.4 Å². The molecule has 0 unspecified atom stereocenters. The molecule has 0 spiro atoms. The van der Waals surface area contributed by atoms with Gasteiger partial charge in [-0.1, -0.05) is 12.2 Å². The highest BCUT2D eigenvalue weighted by atomic mass is 19.1. The van der Waals surface area contributed by atoms with Gasteiger partial charge in [-0.2, -0.15) is 0 Å². The number of aromatic nitrogens is 1. The molecule has 4 nitrogen and oxygen atoms in total. The Bertz CT molecular complexity index is 948. The van der Waals surface area contributed by atoms with Crippen molar-refractivity contribution < 1.29 is 19.0 Å². The van der Waals surface area contributed by atoms with Crippen molar-refractivity contribution in [2.24, 2.45) is 0 Å². The normalized spacial score (nSPS) is 11.0. The molecule has 0 atom stereocenters. The molecule has 0 aliphatic heterocycles. The summed E-state index contributed by atoms with van der Waals surface area (Å²) >= 11 is 0. The van der Waals surface area contributed by atoms with Crippen LogP contribution in [-0.2, 0) is 0 Å². The van der Waals surface area contributed by atoms with Crippen molar-refractivity contribution >= 4 is 18.2 Å². The van der Waals surface area contributed by atoms with Crippen LogP contribution in [0.3, 0.4) is 0 Å². The molecule has 0 amide bonds. The van der Waals surface area contributed by atoms with Gasteiger partial charge < -0.3 is 9.84 Å². The maximum Gasteiger partial charge on any atom is 0.423 e. The standard InChI is InChI=1S/C21H18FNO3/c1-14-11-17(12-15(2)20(14)24)4-3-16-9-10-23(13-16)21(25)26-19-7-5-18(22)6-8-19/h3-13,24H,1-2H3. The SMILES string of the molecule is Cc1cc(C=Cc2ccn(C(=O)Oc3ccc(F)cc3)c2)cc(C)c1O. The molecule has 132 valence electrons. The number of ether oxygens (including phenoxy) is 1. The van der Waals surface area contributed by atoms with E-state index >= 15 is 0 Å². The fourth-order valence-electron chi connectivity index (χ4n) is 2.56. The Kier molecular flexibility index (Phi) is 4.89. The van der Waals surface area contributed by atoms with Crippen molar-refractivity contribution in [3.8, 4) is 11.5 Å². The van der Waals surface area contributed by atoms with Crippen molar-refractivity contribution in [1.29, 1.82) is 0 Å². The first-order valence-corrected chi connectivity index (χ1v) is 8.06. The number of nitrogens with zero attached hydrogens (tertiary/aromatic N) is 1. The highest BCUT2D eigenvalue weighted by Crippen LogP contribution is 2.24. The minimum Gasteiger partial charge on any atom is -0.507 e. The second-order valence-electron chi connectivity index (χ2n) is 6.01. The largest absolute Gasteiger partial charge is 0.507 e. The van der Waals surface area contributed by atoms with Crippen LogP contribution in [0.15, 0.2) is 54.9 Å². The van der Waals surface area contributed by atoms with E-state index in [1.807, 2.05) is 38.1 Å². The quantitative estimate of drug-likeness (QED) is 0.708. The molecule has 0 saturated carbocycles. The first-order chi connectivity index (χ1) is 12.4. The van der Waals surface area contributed by atoms with Crippen molar-refractivity contribution in [3.63, 3.8) is 0 Å². The summed E-state index contributed by atoms with van der Waals surface area (Å²) in [6, 6.07) is 10.8. The zero-order chi connectivity index (χ0) is 18.7. The van der Waals surface area contributed by atoms with Crippen molar-refractivity contribution in [2.75, 3.05) is 0 Å². The molecule has 3 aromatic rings. The molecule has 1 aromatic heterocycles. The van der Waals surface area contributed by atoms with Gasteiger partial charge in [0.2, 0.25) is 0 Å². The van der Waals surface area contributed by atoms with Crippen LogP contribution in [0, 0.1) is 19.7 Å². The number of phenolic OH excluding ortho intramolecular Hbond substituents is 1. The third kappa shape index (κ3) is 4.00. The van der Waals surface area contributed by atoms with Crippen LogP contribution in [0.1, 0.15) is 22.3 Å². The second-order valence-corrected chi connectivity index (χ2v) is 6.01. The van der Waals surface area contributed by atoms with Crippen molar-refractivity contribution in [2.45, 2.75) is 13.8 Å².